The van der Waals surface area contributed by atoms with Crippen LogP contribution in [0, 0.1) is 0 Å². The van der Waals surface area contributed by atoms with Gasteiger partial charge in [0.05, 0.1) is 12.2 Å². The summed E-state index contributed by atoms with van der Waals surface area (Å²) in [7, 11) is 0. The second-order valence-corrected chi connectivity index (χ2v) is 6.03. The molecule has 21 heavy (non-hydrogen) atoms. The van der Waals surface area contributed by atoms with Gasteiger partial charge in [-0.2, -0.15) is 0 Å². The fraction of sp³-hybridized carbons (Fsp3) is 0.294. The third-order valence-corrected chi connectivity index (χ3v) is 3.98. The molecule has 0 radical (unpaired) electrons. The number of rotatable bonds is 5. The molecule has 1 aromatic heterocycles. The molecule has 1 heterocycles. The van der Waals surface area contributed by atoms with E-state index in [9.17, 15) is 4.79 Å². The second kappa shape index (κ2) is 7.27. The molecule has 0 saturated carbocycles. The van der Waals surface area contributed by atoms with Crippen LogP contribution in [0.3, 0.4) is 0 Å². The van der Waals surface area contributed by atoms with E-state index in [1.165, 1.54) is 5.56 Å². The highest BCUT2D eigenvalue weighted by atomic mass is 32.2. The molecule has 0 aliphatic carbocycles. The first-order chi connectivity index (χ1) is 10.1. The zero-order chi connectivity index (χ0) is 15.2. The van der Waals surface area contributed by atoms with E-state index in [0.717, 1.165) is 9.92 Å². The van der Waals surface area contributed by atoms with Crippen molar-refractivity contribution in [2.75, 3.05) is 6.61 Å². The van der Waals surface area contributed by atoms with Crippen LogP contribution in [0.25, 0.3) is 0 Å². The highest BCUT2D eigenvalue weighted by molar-refractivity contribution is 7.99. The van der Waals surface area contributed by atoms with Crippen molar-refractivity contribution in [2.24, 2.45) is 0 Å². The Bertz CT molecular complexity index is 591. The number of carbonyl (C=O) groups is 1. The lowest BCUT2D eigenvalue weighted by Gasteiger charge is -2.07. The number of nitrogens with zero attached hydrogens (tertiary/aromatic N) is 1. The molecule has 0 saturated heterocycles. The third kappa shape index (κ3) is 4.33. The van der Waals surface area contributed by atoms with Crippen molar-refractivity contribution in [3.63, 3.8) is 0 Å². The van der Waals surface area contributed by atoms with Crippen LogP contribution in [0.15, 0.2) is 52.5 Å². The maximum Gasteiger partial charge on any atom is 0.339 e. The highest BCUT2D eigenvalue weighted by Crippen LogP contribution is 2.27. The van der Waals surface area contributed by atoms with Crippen LogP contribution in [0.1, 0.15) is 42.6 Å². The van der Waals surface area contributed by atoms with Crippen LogP contribution >= 0.6 is 11.8 Å². The van der Waals surface area contributed by atoms with Crippen molar-refractivity contribution in [3.05, 3.63) is 53.7 Å². The Hall–Kier alpha value is -1.81. The highest BCUT2D eigenvalue weighted by Gasteiger charge is 2.07. The number of ether oxygens (including phenoxy) is 1. The summed E-state index contributed by atoms with van der Waals surface area (Å²) in [6, 6.07) is 12.1. The standard InChI is InChI=1S/C17H19NO2S/c1-4-20-17(19)14-7-10-16(18-11-14)21-15-8-5-13(6-9-15)12(2)3/h5-12H,4H2,1-3H3. The topological polar surface area (TPSA) is 39.2 Å². The summed E-state index contributed by atoms with van der Waals surface area (Å²) in [6.45, 7) is 6.52. The van der Waals surface area contributed by atoms with Crippen LogP contribution in [-0.2, 0) is 4.74 Å². The first kappa shape index (κ1) is 15.6. The molecule has 1 aromatic carbocycles. The molecule has 0 bridgehead atoms. The van der Waals surface area contributed by atoms with Crippen molar-refractivity contribution in [1.29, 1.82) is 0 Å². The number of esters is 1. The van der Waals surface area contributed by atoms with Gasteiger partial charge >= 0.3 is 5.97 Å². The number of aromatic nitrogens is 1. The van der Waals surface area contributed by atoms with Gasteiger partial charge in [0, 0.05) is 11.1 Å². The zero-order valence-corrected chi connectivity index (χ0v) is 13.3. The monoisotopic (exact) mass is 301 g/mol. The Morgan fingerprint density at radius 1 is 1.19 bits per heavy atom. The average Bonchev–Trinajstić information content (AvgIpc) is 2.49. The maximum atomic E-state index is 11.5. The van der Waals surface area contributed by atoms with Crippen molar-refractivity contribution >= 4 is 17.7 Å². The lowest BCUT2D eigenvalue weighted by Crippen LogP contribution is -2.04. The van der Waals surface area contributed by atoms with Gasteiger partial charge in [0.2, 0.25) is 0 Å². The molecule has 0 fully saturated rings. The van der Waals surface area contributed by atoms with Gasteiger partial charge in [0.25, 0.3) is 0 Å². The van der Waals surface area contributed by atoms with Crippen molar-refractivity contribution < 1.29 is 9.53 Å². The number of pyridine rings is 1. The van der Waals surface area contributed by atoms with Crippen molar-refractivity contribution in [1.82, 2.24) is 4.98 Å². The lowest BCUT2D eigenvalue weighted by atomic mass is 10.0. The molecule has 0 N–H and O–H groups in total. The van der Waals surface area contributed by atoms with E-state index in [1.54, 1.807) is 30.9 Å². The van der Waals surface area contributed by atoms with Gasteiger partial charge in [0.15, 0.2) is 0 Å². The van der Waals surface area contributed by atoms with E-state index in [1.807, 2.05) is 6.07 Å². The molecule has 0 atom stereocenters. The summed E-state index contributed by atoms with van der Waals surface area (Å²) in [5.41, 5.74) is 1.81. The van der Waals surface area contributed by atoms with Crippen LogP contribution in [-0.4, -0.2) is 17.6 Å². The summed E-state index contributed by atoms with van der Waals surface area (Å²) >= 11 is 1.58. The summed E-state index contributed by atoms with van der Waals surface area (Å²) < 4.78 is 4.94. The second-order valence-electron chi connectivity index (χ2n) is 4.93. The fourth-order valence-corrected chi connectivity index (χ4v) is 2.57. The van der Waals surface area contributed by atoms with E-state index < -0.39 is 0 Å². The minimum Gasteiger partial charge on any atom is -0.462 e. The summed E-state index contributed by atoms with van der Waals surface area (Å²) in [4.78, 5) is 17.0. The Kier molecular flexibility index (Phi) is 5.39. The minimum absolute atomic E-state index is 0.331. The van der Waals surface area contributed by atoms with Crippen LogP contribution in [0.5, 0.6) is 0 Å². The molecule has 0 amide bonds. The van der Waals surface area contributed by atoms with E-state index in [4.69, 9.17) is 4.74 Å². The smallest absolute Gasteiger partial charge is 0.339 e. The predicted molar refractivity (Wildman–Crippen MR) is 84.8 cm³/mol. The molecule has 2 rings (SSSR count). The maximum absolute atomic E-state index is 11.5. The molecule has 3 nitrogen and oxygen atoms in total. The van der Waals surface area contributed by atoms with Gasteiger partial charge in [0.1, 0.15) is 5.03 Å². The van der Waals surface area contributed by atoms with Crippen molar-refractivity contribution in [2.45, 2.75) is 36.6 Å². The number of hydrogen-bond acceptors (Lipinski definition) is 4. The average molecular weight is 301 g/mol. The minimum atomic E-state index is -0.331. The Balaban J connectivity index is 2.04. The zero-order valence-electron chi connectivity index (χ0n) is 12.5. The fourth-order valence-electron chi connectivity index (χ4n) is 1.82. The molecule has 110 valence electrons. The molecular weight excluding hydrogens is 282 g/mol. The Morgan fingerprint density at radius 3 is 2.43 bits per heavy atom. The number of carbonyl (C=O) groups excluding carboxylic acids is 1. The molecule has 0 aliphatic rings. The predicted octanol–water partition coefficient (Wildman–Crippen LogP) is 4.53. The van der Waals surface area contributed by atoms with Crippen molar-refractivity contribution in [3.8, 4) is 0 Å². The molecule has 2 aromatic rings. The Labute approximate surface area is 129 Å². The summed E-state index contributed by atoms with van der Waals surface area (Å²) in [5.74, 6) is 0.203. The van der Waals surface area contributed by atoms with E-state index in [-0.39, 0.29) is 5.97 Å². The first-order valence-electron chi connectivity index (χ1n) is 7.01. The molecule has 4 heteroatoms. The van der Waals surface area contributed by atoms with Gasteiger partial charge in [-0.15, -0.1) is 0 Å². The molecule has 0 spiro atoms. The molecule has 0 unspecified atom stereocenters. The largest absolute Gasteiger partial charge is 0.462 e. The summed E-state index contributed by atoms with van der Waals surface area (Å²) in [5, 5.41) is 0.861. The van der Waals surface area contributed by atoms with E-state index in [0.29, 0.717) is 18.1 Å². The number of benzene rings is 1. The summed E-state index contributed by atoms with van der Waals surface area (Å²) in [6.07, 6.45) is 1.56. The molecule has 0 aliphatic heterocycles. The first-order valence-corrected chi connectivity index (χ1v) is 7.82. The van der Waals surface area contributed by atoms with Crippen LogP contribution in [0.4, 0.5) is 0 Å². The van der Waals surface area contributed by atoms with Gasteiger partial charge < -0.3 is 4.74 Å². The normalized spacial score (nSPS) is 10.7. The van der Waals surface area contributed by atoms with E-state index in [2.05, 4.69) is 43.1 Å². The van der Waals surface area contributed by atoms with E-state index >= 15 is 0 Å². The SMILES string of the molecule is CCOC(=O)c1ccc(Sc2ccc(C(C)C)cc2)nc1. The molecular formula is C17H19NO2S. The van der Waals surface area contributed by atoms with Gasteiger partial charge in [-0.1, -0.05) is 37.7 Å². The van der Waals surface area contributed by atoms with Gasteiger partial charge in [-0.05, 0) is 42.7 Å². The quantitative estimate of drug-likeness (QED) is 0.760. The van der Waals surface area contributed by atoms with Gasteiger partial charge in [-0.25, -0.2) is 9.78 Å². The van der Waals surface area contributed by atoms with Crippen LogP contribution < -0.4 is 0 Å². The lowest BCUT2D eigenvalue weighted by molar-refractivity contribution is 0.0525. The van der Waals surface area contributed by atoms with Crippen LogP contribution in [0.2, 0.25) is 0 Å². The third-order valence-electron chi connectivity index (χ3n) is 3.02. The number of hydrogen-bond donors (Lipinski definition) is 0. The van der Waals surface area contributed by atoms with Gasteiger partial charge in [-0.3, -0.25) is 0 Å². The Morgan fingerprint density at radius 2 is 1.90 bits per heavy atom.